The summed E-state index contributed by atoms with van der Waals surface area (Å²) in [6.45, 7) is -0.256. The highest BCUT2D eigenvalue weighted by atomic mass is 16.6. The van der Waals surface area contributed by atoms with Gasteiger partial charge in [-0.1, -0.05) is 38.5 Å². The van der Waals surface area contributed by atoms with Crippen molar-refractivity contribution in [2.45, 2.75) is 101 Å². The number of fused-ring (bicyclic) bond motifs is 1. The Bertz CT molecular complexity index is 1210. The van der Waals surface area contributed by atoms with Gasteiger partial charge in [-0.25, -0.2) is 9.50 Å². The maximum absolute atomic E-state index is 13.0. The van der Waals surface area contributed by atoms with Crippen LogP contribution < -0.4 is 5.73 Å². The van der Waals surface area contributed by atoms with Gasteiger partial charge in [0.2, 0.25) is 5.60 Å². The average Bonchev–Trinajstić information content (AvgIpc) is 3.49. The van der Waals surface area contributed by atoms with E-state index in [1.807, 2.05) is 0 Å². The second-order valence-electron chi connectivity index (χ2n) is 11.2. The Morgan fingerprint density at radius 1 is 1.08 bits per heavy atom. The molecule has 0 unspecified atom stereocenters. The van der Waals surface area contributed by atoms with E-state index in [0.717, 1.165) is 51.4 Å². The number of rotatable bonds is 8. The predicted octanol–water partition coefficient (Wildman–Crippen LogP) is 3.19. The van der Waals surface area contributed by atoms with Crippen LogP contribution in [-0.2, 0) is 29.4 Å². The van der Waals surface area contributed by atoms with Crippen LogP contribution in [0.4, 0.5) is 5.82 Å². The van der Waals surface area contributed by atoms with Crippen LogP contribution in [0.2, 0.25) is 0 Å². The van der Waals surface area contributed by atoms with Crippen LogP contribution in [0.25, 0.3) is 5.52 Å². The summed E-state index contributed by atoms with van der Waals surface area (Å²) < 4.78 is 18.9. The van der Waals surface area contributed by atoms with Gasteiger partial charge in [-0.3, -0.25) is 9.59 Å². The Labute approximate surface area is 227 Å². The quantitative estimate of drug-likeness (QED) is 0.476. The van der Waals surface area contributed by atoms with Crippen molar-refractivity contribution in [3.05, 3.63) is 24.2 Å². The SMILES string of the molecule is N#C[C@@]1(c2ccc3c(N)ncnn23)O[C@H](COC(=O)CC2CCCCC2)[C@@H](OC(=O)CC2CCCCC2)[C@H]1O. The number of anilines is 1. The maximum atomic E-state index is 13.0. The lowest BCUT2D eigenvalue weighted by Crippen LogP contribution is -2.43. The summed E-state index contributed by atoms with van der Waals surface area (Å²) in [7, 11) is 0. The van der Waals surface area contributed by atoms with Gasteiger partial charge in [0.05, 0.1) is 5.69 Å². The Hall–Kier alpha value is -3.23. The van der Waals surface area contributed by atoms with E-state index in [-0.39, 0.29) is 36.4 Å². The van der Waals surface area contributed by atoms with Crippen molar-refractivity contribution in [2.24, 2.45) is 11.8 Å². The molecule has 3 heterocycles. The van der Waals surface area contributed by atoms with E-state index in [2.05, 4.69) is 16.2 Å². The first-order valence-electron chi connectivity index (χ1n) is 14.1. The predicted molar refractivity (Wildman–Crippen MR) is 139 cm³/mol. The van der Waals surface area contributed by atoms with Gasteiger partial charge in [0, 0.05) is 12.8 Å². The molecule has 0 bridgehead atoms. The van der Waals surface area contributed by atoms with Gasteiger partial charge >= 0.3 is 11.9 Å². The summed E-state index contributed by atoms with van der Waals surface area (Å²) in [5.74, 6) is -0.113. The molecule has 3 fully saturated rings. The molecule has 5 rings (SSSR count). The maximum Gasteiger partial charge on any atom is 0.306 e. The van der Waals surface area contributed by atoms with Crippen molar-refractivity contribution in [1.29, 1.82) is 5.26 Å². The Balaban J connectivity index is 1.36. The van der Waals surface area contributed by atoms with Crippen LogP contribution in [0.3, 0.4) is 0 Å². The molecule has 0 aromatic carbocycles. The Morgan fingerprint density at radius 3 is 2.36 bits per heavy atom. The third kappa shape index (κ3) is 5.72. The van der Waals surface area contributed by atoms with Crippen molar-refractivity contribution in [3.8, 4) is 6.07 Å². The van der Waals surface area contributed by atoms with E-state index in [1.54, 1.807) is 12.1 Å². The first-order chi connectivity index (χ1) is 18.9. The molecule has 2 aliphatic carbocycles. The molecule has 11 nitrogen and oxygen atoms in total. The molecule has 1 aliphatic heterocycles. The first kappa shape index (κ1) is 27.3. The van der Waals surface area contributed by atoms with Crippen molar-refractivity contribution in [1.82, 2.24) is 14.6 Å². The van der Waals surface area contributed by atoms with Gasteiger partial charge in [-0.05, 0) is 49.7 Å². The lowest BCUT2D eigenvalue weighted by Gasteiger charge is -2.25. The Kier molecular flexibility index (Phi) is 8.33. The van der Waals surface area contributed by atoms with Crippen LogP contribution >= 0.6 is 0 Å². The molecule has 2 saturated carbocycles. The van der Waals surface area contributed by atoms with E-state index in [1.165, 1.54) is 23.7 Å². The van der Waals surface area contributed by atoms with Gasteiger partial charge in [0.1, 0.15) is 36.7 Å². The number of aliphatic hydroxyl groups excluding tert-OH is 1. The molecule has 3 N–H and O–H groups in total. The minimum absolute atomic E-state index is 0.195. The zero-order valence-corrected chi connectivity index (χ0v) is 22.2. The number of nitrogen functional groups attached to an aromatic ring is 1. The molecule has 2 aromatic rings. The zero-order chi connectivity index (χ0) is 27.4. The summed E-state index contributed by atoms with van der Waals surface area (Å²) in [4.78, 5) is 29.6. The number of nitrogens with two attached hydrogens (primary N) is 1. The highest BCUT2D eigenvalue weighted by Crippen LogP contribution is 2.42. The number of ether oxygens (including phenoxy) is 3. The van der Waals surface area contributed by atoms with Gasteiger partial charge in [0.25, 0.3) is 0 Å². The summed E-state index contributed by atoms with van der Waals surface area (Å²) in [6.07, 6.45) is 8.61. The number of carbonyl (C=O) groups excluding carboxylic acids is 2. The monoisotopic (exact) mass is 539 g/mol. The van der Waals surface area contributed by atoms with Crippen molar-refractivity contribution >= 4 is 23.3 Å². The molecule has 2 aromatic heterocycles. The van der Waals surface area contributed by atoms with Crippen molar-refractivity contribution in [2.75, 3.05) is 12.3 Å². The van der Waals surface area contributed by atoms with E-state index in [0.29, 0.717) is 17.9 Å². The number of nitriles is 1. The molecule has 0 radical (unpaired) electrons. The van der Waals surface area contributed by atoms with Gasteiger partial charge in [-0.2, -0.15) is 10.4 Å². The first-order valence-corrected chi connectivity index (χ1v) is 14.1. The van der Waals surface area contributed by atoms with Crippen molar-refractivity contribution in [3.63, 3.8) is 0 Å². The number of aliphatic hydroxyl groups is 1. The average molecular weight is 540 g/mol. The Morgan fingerprint density at radius 2 is 1.72 bits per heavy atom. The topological polar surface area (TPSA) is 162 Å². The van der Waals surface area contributed by atoms with Crippen LogP contribution in [0, 0.1) is 23.2 Å². The van der Waals surface area contributed by atoms with Gasteiger partial charge in [-0.15, -0.1) is 0 Å². The van der Waals surface area contributed by atoms with E-state index in [4.69, 9.17) is 19.9 Å². The van der Waals surface area contributed by atoms with Gasteiger partial charge in [0.15, 0.2) is 11.9 Å². The minimum Gasteiger partial charge on any atom is -0.463 e. The second-order valence-corrected chi connectivity index (χ2v) is 11.2. The van der Waals surface area contributed by atoms with E-state index < -0.39 is 29.9 Å². The number of hydrogen-bond acceptors (Lipinski definition) is 10. The van der Waals surface area contributed by atoms with E-state index in [9.17, 15) is 20.0 Å². The number of aromatic nitrogens is 3. The molecule has 210 valence electrons. The number of nitrogens with zero attached hydrogens (tertiary/aromatic N) is 4. The fourth-order valence-electron chi connectivity index (χ4n) is 6.36. The summed E-state index contributed by atoms with van der Waals surface area (Å²) >= 11 is 0. The number of hydrogen-bond donors (Lipinski definition) is 2. The normalized spacial score (nSPS) is 28.3. The second kappa shape index (κ2) is 11.9. The summed E-state index contributed by atoms with van der Waals surface area (Å²) in [5.41, 5.74) is 4.68. The van der Waals surface area contributed by atoms with Crippen LogP contribution in [0.15, 0.2) is 18.5 Å². The summed E-state index contributed by atoms with van der Waals surface area (Å²) in [6, 6.07) is 5.28. The molecule has 0 spiro atoms. The standard InChI is InChI=1S/C28H37N5O6/c29-16-28(22-12-11-20-27(30)31-17-32-33(20)22)26(36)25(38-24(35)14-19-9-5-2-6-10-19)21(39-28)15-37-23(34)13-18-7-3-1-4-8-18/h11-12,17-19,21,25-26,36H,1-10,13-15H2,(H2,30,31,32)/t21-,25-,26-,28+/m1/s1. The third-order valence-corrected chi connectivity index (χ3v) is 8.50. The molecule has 3 aliphatic rings. The minimum atomic E-state index is -1.94. The number of esters is 2. The highest BCUT2D eigenvalue weighted by molar-refractivity contribution is 5.71. The molecule has 4 atom stereocenters. The smallest absolute Gasteiger partial charge is 0.306 e. The van der Waals surface area contributed by atoms with Crippen molar-refractivity contribution < 1.29 is 28.9 Å². The van der Waals surface area contributed by atoms with Gasteiger partial charge < -0.3 is 25.1 Å². The summed E-state index contributed by atoms with van der Waals surface area (Å²) in [5, 5.41) is 26.0. The molecule has 1 saturated heterocycles. The lowest BCUT2D eigenvalue weighted by molar-refractivity contribution is -0.161. The fourth-order valence-corrected chi connectivity index (χ4v) is 6.36. The van der Waals surface area contributed by atoms with Crippen LogP contribution in [0.5, 0.6) is 0 Å². The van der Waals surface area contributed by atoms with Crippen LogP contribution in [-0.4, -0.2) is 56.6 Å². The third-order valence-electron chi connectivity index (χ3n) is 8.50. The highest BCUT2D eigenvalue weighted by Gasteiger charge is 2.60. The molecular weight excluding hydrogens is 502 g/mol. The zero-order valence-electron chi connectivity index (χ0n) is 22.2. The molecular formula is C28H37N5O6. The van der Waals surface area contributed by atoms with E-state index >= 15 is 0 Å². The molecule has 11 heteroatoms. The molecule has 0 amide bonds. The largest absolute Gasteiger partial charge is 0.463 e. The lowest BCUT2D eigenvalue weighted by atomic mass is 9.87. The number of carbonyl (C=O) groups is 2. The van der Waals surface area contributed by atoms with Crippen LogP contribution in [0.1, 0.15) is 82.7 Å². The molecule has 39 heavy (non-hydrogen) atoms. The fraction of sp³-hybridized carbons (Fsp3) is 0.679.